The quantitative estimate of drug-likeness (QED) is 0.672. The van der Waals surface area contributed by atoms with Crippen molar-refractivity contribution < 1.29 is 18.4 Å². The Balaban J connectivity index is 1.43. The number of carbonyl (C=O) groups excluding carboxylic acids is 2. The Morgan fingerprint density at radius 1 is 1.31 bits per heavy atom. The van der Waals surface area contributed by atoms with Crippen molar-refractivity contribution in [2.75, 3.05) is 17.6 Å². The van der Waals surface area contributed by atoms with Crippen molar-refractivity contribution in [3.8, 4) is 0 Å². The summed E-state index contributed by atoms with van der Waals surface area (Å²) < 4.78 is 26.9. The molecule has 2 amide bonds. The van der Waals surface area contributed by atoms with Crippen molar-refractivity contribution in [1.82, 2.24) is 15.2 Å². The summed E-state index contributed by atoms with van der Waals surface area (Å²) in [4.78, 5) is 29.7. The standard InChI is InChI=1S/C22H29F2N5O2S/c1-13(2)9-10-28-20(31)15-5-3-4-6-18(15)29-21(28)26-27-22(29)32-12-19(30)25-17-8-7-14(23)11-16(17)24/h7-8,11,13,15,18,21,26H,3-6,9-10,12H2,1-2H3,(H,25,30). The minimum absolute atomic E-state index is 0.0257. The van der Waals surface area contributed by atoms with E-state index >= 15 is 0 Å². The molecule has 1 aromatic rings. The third-order valence-corrected chi connectivity index (χ3v) is 7.19. The van der Waals surface area contributed by atoms with Gasteiger partial charge in [-0.3, -0.25) is 15.0 Å². The molecule has 0 spiro atoms. The van der Waals surface area contributed by atoms with E-state index < -0.39 is 17.5 Å². The molecular weight excluding hydrogens is 436 g/mol. The Morgan fingerprint density at radius 3 is 2.84 bits per heavy atom. The first kappa shape index (κ1) is 22.8. The lowest BCUT2D eigenvalue weighted by Crippen LogP contribution is -2.67. The van der Waals surface area contributed by atoms with Crippen molar-refractivity contribution in [1.29, 1.82) is 0 Å². The van der Waals surface area contributed by atoms with Crippen molar-refractivity contribution in [3.63, 3.8) is 0 Å². The Kier molecular flexibility index (Phi) is 6.88. The summed E-state index contributed by atoms with van der Waals surface area (Å²) in [5, 5.41) is 7.60. The number of hydrogen-bond acceptors (Lipinski definition) is 6. The van der Waals surface area contributed by atoms with Gasteiger partial charge in [-0.1, -0.05) is 38.5 Å². The Labute approximate surface area is 191 Å². The molecule has 174 valence electrons. The topological polar surface area (TPSA) is 77.0 Å². The molecule has 3 atom stereocenters. The summed E-state index contributed by atoms with van der Waals surface area (Å²) >= 11 is 1.26. The largest absolute Gasteiger partial charge is 0.323 e. The number of hydrogen-bond donors (Lipinski definition) is 2. The summed E-state index contributed by atoms with van der Waals surface area (Å²) in [6, 6.07) is 3.10. The molecule has 32 heavy (non-hydrogen) atoms. The zero-order chi connectivity index (χ0) is 22.8. The highest BCUT2D eigenvalue weighted by molar-refractivity contribution is 8.14. The van der Waals surface area contributed by atoms with Gasteiger partial charge in [-0.25, -0.2) is 8.78 Å². The van der Waals surface area contributed by atoms with Crippen LogP contribution in [0.4, 0.5) is 14.5 Å². The molecular formula is C22H29F2N5O2S. The molecule has 2 N–H and O–H groups in total. The number of fused-ring (bicyclic) bond motifs is 3. The number of rotatable bonds is 6. The van der Waals surface area contributed by atoms with Crippen LogP contribution in [0.3, 0.4) is 0 Å². The smallest absolute Gasteiger partial charge is 0.234 e. The number of nitrogens with one attached hydrogen (secondary N) is 2. The highest BCUT2D eigenvalue weighted by Crippen LogP contribution is 2.39. The summed E-state index contributed by atoms with van der Waals surface area (Å²) in [7, 11) is 0. The lowest BCUT2D eigenvalue weighted by molar-refractivity contribution is -0.155. The van der Waals surface area contributed by atoms with Gasteiger partial charge in [-0.05, 0) is 37.3 Å². The molecule has 2 fully saturated rings. The molecule has 0 aromatic heterocycles. The third kappa shape index (κ3) is 4.69. The summed E-state index contributed by atoms with van der Waals surface area (Å²) in [5.74, 6) is -1.28. The SMILES string of the molecule is CC(C)CCN1C(=O)C2CCCCC2N2C(SCC(=O)Nc3ccc(F)cc3F)=NNC12. The van der Waals surface area contributed by atoms with E-state index in [0.717, 1.165) is 44.2 Å². The van der Waals surface area contributed by atoms with E-state index in [1.807, 2.05) is 4.90 Å². The average Bonchev–Trinajstić information content (AvgIpc) is 3.18. The number of anilines is 1. The molecule has 4 rings (SSSR count). The second-order valence-electron chi connectivity index (χ2n) is 8.94. The first-order valence-corrected chi connectivity index (χ1v) is 12.1. The zero-order valence-corrected chi connectivity index (χ0v) is 19.1. The van der Waals surface area contributed by atoms with Crippen LogP contribution in [-0.2, 0) is 9.59 Å². The number of hydrazone groups is 1. The van der Waals surface area contributed by atoms with Gasteiger partial charge in [0.1, 0.15) is 11.6 Å². The van der Waals surface area contributed by atoms with E-state index in [4.69, 9.17) is 0 Å². The fraction of sp³-hybridized carbons (Fsp3) is 0.591. The molecule has 10 heteroatoms. The van der Waals surface area contributed by atoms with Crippen molar-refractivity contribution >= 4 is 34.4 Å². The number of thioether (sulfide) groups is 1. The molecule has 0 radical (unpaired) electrons. The van der Waals surface area contributed by atoms with Crippen molar-refractivity contribution in [2.45, 2.75) is 58.3 Å². The van der Waals surface area contributed by atoms with E-state index in [-0.39, 0.29) is 35.6 Å². The molecule has 0 bridgehead atoms. The molecule has 2 aliphatic heterocycles. The molecule has 7 nitrogen and oxygen atoms in total. The van der Waals surface area contributed by atoms with Crippen molar-refractivity contribution in [2.24, 2.45) is 16.9 Å². The van der Waals surface area contributed by atoms with Gasteiger partial charge in [0.15, 0.2) is 11.5 Å². The van der Waals surface area contributed by atoms with E-state index in [2.05, 4.69) is 34.6 Å². The number of halogens is 2. The summed E-state index contributed by atoms with van der Waals surface area (Å²) in [5.41, 5.74) is 3.04. The highest BCUT2D eigenvalue weighted by atomic mass is 32.2. The predicted molar refractivity (Wildman–Crippen MR) is 121 cm³/mol. The van der Waals surface area contributed by atoms with Crippen LogP contribution in [0, 0.1) is 23.5 Å². The van der Waals surface area contributed by atoms with Gasteiger partial charge in [-0.15, -0.1) is 0 Å². The molecule has 3 unspecified atom stereocenters. The maximum absolute atomic E-state index is 13.8. The van der Waals surface area contributed by atoms with E-state index in [1.54, 1.807) is 0 Å². The third-order valence-electron chi connectivity index (χ3n) is 6.23. The first-order chi connectivity index (χ1) is 15.3. The first-order valence-electron chi connectivity index (χ1n) is 11.1. The van der Waals surface area contributed by atoms with E-state index in [9.17, 15) is 18.4 Å². The van der Waals surface area contributed by atoms with Crippen LogP contribution >= 0.6 is 11.8 Å². The van der Waals surface area contributed by atoms with Crippen LogP contribution in [0.2, 0.25) is 0 Å². The fourth-order valence-electron chi connectivity index (χ4n) is 4.59. The van der Waals surface area contributed by atoms with Gasteiger partial charge in [-0.2, -0.15) is 5.10 Å². The van der Waals surface area contributed by atoms with Crippen LogP contribution in [-0.4, -0.2) is 51.4 Å². The van der Waals surface area contributed by atoms with Gasteiger partial charge in [0.25, 0.3) is 0 Å². The Hall–Kier alpha value is -2.36. The molecule has 1 aliphatic carbocycles. The zero-order valence-electron chi connectivity index (χ0n) is 18.3. The van der Waals surface area contributed by atoms with Gasteiger partial charge in [0, 0.05) is 18.7 Å². The Bertz CT molecular complexity index is 912. The number of carbonyl (C=O) groups is 2. The predicted octanol–water partition coefficient (Wildman–Crippen LogP) is 3.54. The number of amidine groups is 1. The van der Waals surface area contributed by atoms with Crippen LogP contribution < -0.4 is 10.7 Å². The maximum atomic E-state index is 13.8. The number of benzene rings is 1. The van der Waals surface area contributed by atoms with Crippen LogP contribution in [0.25, 0.3) is 0 Å². The van der Waals surface area contributed by atoms with Gasteiger partial charge >= 0.3 is 0 Å². The van der Waals surface area contributed by atoms with Crippen molar-refractivity contribution in [3.05, 3.63) is 29.8 Å². The van der Waals surface area contributed by atoms with Gasteiger partial charge in [0.2, 0.25) is 11.8 Å². The normalized spacial score (nSPS) is 24.7. The number of amides is 2. The van der Waals surface area contributed by atoms with E-state index in [1.165, 1.54) is 17.8 Å². The molecule has 1 aromatic carbocycles. The molecule has 2 heterocycles. The lowest BCUT2D eigenvalue weighted by Gasteiger charge is -2.50. The molecule has 1 saturated heterocycles. The van der Waals surface area contributed by atoms with Crippen LogP contribution in [0.5, 0.6) is 0 Å². The fourth-order valence-corrected chi connectivity index (χ4v) is 5.42. The minimum atomic E-state index is -0.816. The monoisotopic (exact) mass is 465 g/mol. The van der Waals surface area contributed by atoms with E-state index in [0.29, 0.717) is 17.6 Å². The summed E-state index contributed by atoms with van der Waals surface area (Å²) in [6.07, 6.45) is 4.46. The van der Waals surface area contributed by atoms with Gasteiger partial charge in [0.05, 0.1) is 17.4 Å². The van der Waals surface area contributed by atoms with Crippen LogP contribution in [0.1, 0.15) is 46.0 Å². The minimum Gasteiger partial charge on any atom is -0.323 e. The summed E-state index contributed by atoms with van der Waals surface area (Å²) in [6.45, 7) is 4.93. The average molecular weight is 466 g/mol. The van der Waals surface area contributed by atoms with Crippen LogP contribution in [0.15, 0.2) is 23.3 Å². The molecule has 3 aliphatic rings. The second kappa shape index (κ2) is 9.64. The lowest BCUT2D eigenvalue weighted by atomic mass is 9.81. The highest BCUT2D eigenvalue weighted by Gasteiger charge is 2.50. The Morgan fingerprint density at radius 2 is 2.09 bits per heavy atom. The second-order valence-corrected chi connectivity index (χ2v) is 9.88. The number of nitrogens with zero attached hydrogens (tertiary/aromatic N) is 3. The molecule has 1 saturated carbocycles. The van der Waals surface area contributed by atoms with Gasteiger partial charge < -0.3 is 15.1 Å². The maximum Gasteiger partial charge on any atom is 0.234 e.